The van der Waals surface area contributed by atoms with Crippen molar-refractivity contribution in [2.75, 3.05) is 6.61 Å². The van der Waals surface area contributed by atoms with Crippen molar-refractivity contribution in [3.05, 3.63) is 69.8 Å². The van der Waals surface area contributed by atoms with Gasteiger partial charge in [0.1, 0.15) is 5.75 Å². The Kier molecular flexibility index (Phi) is 5.89. The van der Waals surface area contributed by atoms with Crippen LogP contribution in [0.25, 0.3) is 6.08 Å². The van der Waals surface area contributed by atoms with E-state index in [1.165, 1.54) is 0 Å². The minimum absolute atomic E-state index is 0.288. The SMILES string of the molecule is CC(C)CCOc1ccc(C=C2N=C(c3ccc(Br)cc3)OC2=O)cc1. The van der Waals surface area contributed by atoms with Crippen LogP contribution in [0.4, 0.5) is 0 Å². The molecule has 26 heavy (non-hydrogen) atoms. The second-order valence-electron chi connectivity index (χ2n) is 6.44. The van der Waals surface area contributed by atoms with Crippen LogP contribution < -0.4 is 4.74 Å². The fourth-order valence-electron chi connectivity index (χ4n) is 2.36. The second-order valence-corrected chi connectivity index (χ2v) is 7.36. The largest absolute Gasteiger partial charge is 0.494 e. The molecule has 0 N–H and O–H groups in total. The molecule has 1 aliphatic heterocycles. The van der Waals surface area contributed by atoms with Gasteiger partial charge in [0, 0.05) is 10.0 Å². The van der Waals surface area contributed by atoms with Crippen molar-refractivity contribution in [1.29, 1.82) is 0 Å². The molecule has 134 valence electrons. The highest BCUT2D eigenvalue weighted by atomic mass is 79.9. The lowest BCUT2D eigenvalue weighted by Gasteiger charge is -2.08. The molecule has 2 aromatic carbocycles. The first-order chi connectivity index (χ1) is 12.5. The molecule has 0 saturated heterocycles. The Hall–Kier alpha value is -2.40. The van der Waals surface area contributed by atoms with E-state index >= 15 is 0 Å². The van der Waals surface area contributed by atoms with E-state index in [9.17, 15) is 4.79 Å². The molecule has 0 unspecified atom stereocenters. The van der Waals surface area contributed by atoms with Crippen LogP contribution in [0.1, 0.15) is 31.4 Å². The number of aliphatic imine (C=N–C) groups is 1. The van der Waals surface area contributed by atoms with Crippen LogP contribution in [-0.4, -0.2) is 18.5 Å². The summed E-state index contributed by atoms with van der Waals surface area (Å²) in [7, 11) is 0. The molecular formula is C21H20BrNO3. The average Bonchev–Trinajstić information content (AvgIpc) is 2.97. The quantitative estimate of drug-likeness (QED) is 0.481. The number of carbonyl (C=O) groups is 1. The fourth-order valence-corrected chi connectivity index (χ4v) is 2.62. The van der Waals surface area contributed by atoms with E-state index in [-0.39, 0.29) is 5.70 Å². The highest BCUT2D eigenvalue weighted by molar-refractivity contribution is 9.10. The monoisotopic (exact) mass is 413 g/mol. The smallest absolute Gasteiger partial charge is 0.363 e. The van der Waals surface area contributed by atoms with Gasteiger partial charge in [0.15, 0.2) is 5.70 Å². The number of benzene rings is 2. The van der Waals surface area contributed by atoms with Gasteiger partial charge >= 0.3 is 5.97 Å². The summed E-state index contributed by atoms with van der Waals surface area (Å²) >= 11 is 3.38. The zero-order chi connectivity index (χ0) is 18.5. The number of hydrogen-bond acceptors (Lipinski definition) is 4. The predicted octanol–water partition coefficient (Wildman–Crippen LogP) is 5.22. The minimum Gasteiger partial charge on any atom is -0.494 e. The van der Waals surface area contributed by atoms with Crippen molar-refractivity contribution in [1.82, 2.24) is 0 Å². The summed E-state index contributed by atoms with van der Waals surface area (Å²) in [5, 5.41) is 0. The second kappa shape index (κ2) is 8.32. The molecule has 0 aromatic heterocycles. The molecule has 0 amide bonds. The standard InChI is InChI=1S/C21H20BrNO3/c1-14(2)11-12-25-18-9-3-15(4-10-18)13-19-21(24)26-20(23-19)16-5-7-17(22)8-6-16/h3-10,13-14H,11-12H2,1-2H3. The third-order valence-electron chi connectivity index (χ3n) is 3.86. The van der Waals surface area contributed by atoms with E-state index < -0.39 is 5.97 Å². The van der Waals surface area contributed by atoms with Crippen LogP contribution >= 0.6 is 15.9 Å². The third kappa shape index (κ3) is 4.82. The summed E-state index contributed by atoms with van der Waals surface area (Å²) in [6.07, 6.45) is 2.73. The third-order valence-corrected chi connectivity index (χ3v) is 4.39. The molecule has 4 nitrogen and oxygen atoms in total. The van der Waals surface area contributed by atoms with Crippen LogP contribution in [0.5, 0.6) is 5.75 Å². The van der Waals surface area contributed by atoms with Crippen molar-refractivity contribution < 1.29 is 14.3 Å². The maximum absolute atomic E-state index is 12.1. The van der Waals surface area contributed by atoms with Crippen molar-refractivity contribution in [2.45, 2.75) is 20.3 Å². The first-order valence-electron chi connectivity index (χ1n) is 8.52. The lowest BCUT2D eigenvalue weighted by atomic mass is 10.1. The Bertz CT molecular complexity index is 837. The lowest BCUT2D eigenvalue weighted by molar-refractivity contribution is -0.129. The number of halogens is 1. The van der Waals surface area contributed by atoms with Gasteiger partial charge < -0.3 is 9.47 Å². The average molecular weight is 414 g/mol. The summed E-state index contributed by atoms with van der Waals surface area (Å²) in [6, 6.07) is 15.1. The van der Waals surface area contributed by atoms with Crippen LogP contribution in [-0.2, 0) is 9.53 Å². The van der Waals surface area contributed by atoms with Crippen molar-refractivity contribution in [3.63, 3.8) is 0 Å². The molecule has 0 bridgehead atoms. The van der Waals surface area contributed by atoms with Gasteiger partial charge in [-0.15, -0.1) is 0 Å². The van der Waals surface area contributed by atoms with Crippen LogP contribution in [0.3, 0.4) is 0 Å². The van der Waals surface area contributed by atoms with Crippen molar-refractivity contribution in [2.24, 2.45) is 10.9 Å². The maximum Gasteiger partial charge on any atom is 0.363 e. The number of esters is 1. The van der Waals surface area contributed by atoms with Gasteiger partial charge in [0.2, 0.25) is 5.90 Å². The summed E-state index contributed by atoms with van der Waals surface area (Å²) < 4.78 is 11.9. The van der Waals surface area contributed by atoms with E-state index in [0.29, 0.717) is 18.4 Å². The van der Waals surface area contributed by atoms with Gasteiger partial charge in [0.25, 0.3) is 0 Å². The highest BCUT2D eigenvalue weighted by Gasteiger charge is 2.24. The van der Waals surface area contributed by atoms with Crippen LogP contribution in [0, 0.1) is 5.92 Å². The number of rotatable bonds is 6. The van der Waals surface area contributed by atoms with Gasteiger partial charge in [-0.25, -0.2) is 9.79 Å². The molecule has 1 heterocycles. The number of cyclic esters (lactones) is 1. The summed E-state index contributed by atoms with van der Waals surface area (Å²) in [6.45, 7) is 5.04. The Morgan fingerprint density at radius 3 is 2.46 bits per heavy atom. The zero-order valence-electron chi connectivity index (χ0n) is 14.7. The maximum atomic E-state index is 12.1. The van der Waals surface area contributed by atoms with Gasteiger partial charge in [0.05, 0.1) is 6.61 Å². The van der Waals surface area contributed by atoms with Gasteiger partial charge in [-0.3, -0.25) is 0 Å². The molecule has 0 atom stereocenters. The highest BCUT2D eigenvalue weighted by Crippen LogP contribution is 2.21. The topological polar surface area (TPSA) is 47.9 Å². The molecule has 0 aliphatic carbocycles. The predicted molar refractivity (Wildman–Crippen MR) is 106 cm³/mol. The van der Waals surface area contributed by atoms with Gasteiger partial charge in [-0.1, -0.05) is 41.9 Å². The number of carbonyl (C=O) groups excluding carboxylic acids is 1. The van der Waals surface area contributed by atoms with Gasteiger partial charge in [-0.05, 0) is 60.4 Å². The molecule has 0 fully saturated rings. The van der Waals surface area contributed by atoms with Crippen molar-refractivity contribution >= 4 is 33.9 Å². The molecule has 5 heteroatoms. The number of hydrogen-bond donors (Lipinski definition) is 0. The summed E-state index contributed by atoms with van der Waals surface area (Å²) in [5.41, 5.74) is 1.92. The van der Waals surface area contributed by atoms with E-state index in [4.69, 9.17) is 9.47 Å². The lowest BCUT2D eigenvalue weighted by Crippen LogP contribution is -2.05. The van der Waals surface area contributed by atoms with Crippen molar-refractivity contribution in [3.8, 4) is 5.75 Å². The first kappa shape index (κ1) is 18.4. The minimum atomic E-state index is -0.444. The zero-order valence-corrected chi connectivity index (χ0v) is 16.3. The molecule has 0 saturated carbocycles. The molecule has 3 rings (SSSR count). The molecule has 0 radical (unpaired) electrons. The first-order valence-corrected chi connectivity index (χ1v) is 9.32. The van der Waals surface area contributed by atoms with E-state index in [0.717, 1.165) is 27.8 Å². The molecule has 1 aliphatic rings. The Labute approximate surface area is 161 Å². The normalized spacial score (nSPS) is 15.3. The van der Waals surface area contributed by atoms with Gasteiger partial charge in [-0.2, -0.15) is 0 Å². The molecule has 0 spiro atoms. The van der Waals surface area contributed by atoms with E-state index in [1.54, 1.807) is 6.08 Å². The Morgan fingerprint density at radius 2 is 1.81 bits per heavy atom. The van der Waals surface area contributed by atoms with E-state index in [1.807, 2.05) is 48.5 Å². The fraction of sp³-hybridized carbons (Fsp3) is 0.238. The Morgan fingerprint density at radius 1 is 1.12 bits per heavy atom. The van der Waals surface area contributed by atoms with Crippen LogP contribution in [0.2, 0.25) is 0 Å². The van der Waals surface area contributed by atoms with E-state index in [2.05, 4.69) is 34.8 Å². The number of ether oxygens (including phenoxy) is 2. The molecule has 2 aromatic rings. The van der Waals surface area contributed by atoms with Crippen LogP contribution in [0.15, 0.2) is 63.7 Å². The number of nitrogens with zero attached hydrogens (tertiary/aromatic N) is 1. The summed E-state index contributed by atoms with van der Waals surface area (Å²) in [4.78, 5) is 16.4. The molecular weight excluding hydrogens is 394 g/mol. The summed E-state index contributed by atoms with van der Waals surface area (Å²) in [5.74, 6) is 1.31. The Balaban J connectivity index is 1.70.